The predicted molar refractivity (Wildman–Crippen MR) is 82.9 cm³/mol. The van der Waals surface area contributed by atoms with Gasteiger partial charge in [-0.2, -0.15) is 0 Å². The SMILES string of the molecule is NCCCc1cccc(NC(=O)Nc2ccccc2)c1. The summed E-state index contributed by atoms with van der Waals surface area (Å²) in [7, 11) is 0. The third-order valence-corrected chi connectivity index (χ3v) is 2.89. The molecule has 0 aliphatic heterocycles. The van der Waals surface area contributed by atoms with Crippen LogP contribution in [0.1, 0.15) is 12.0 Å². The summed E-state index contributed by atoms with van der Waals surface area (Å²) in [5.74, 6) is 0. The van der Waals surface area contributed by atoms with Crippen LogP contribution in [0.3, 0.4) is 0 Å². The van der Waals surface area contributed by atoms with Crippen molar-refractivity contribution in [3.8, 4) is 0 Å². The maximum atomic E-state index is 11.9. The maximum Gasteiger partial charge on any atom is 0.323 e. The molecule has 20 heavy (non-hydrogen) atoms. The summed E-state index contributed by atoms with van der Waals surface area (Å²) in [6, 6.07) is 16.9. The molecule has 2 rings (SSSR count). The minimum atomic E-state index is -0.243. The molecule has 0 spiro atoms. The van der Waals surface area contributed by atoms with Crippen molar-refractivity contribution >= 4 is 17.4 Å². The van der Waals surface area contributed by atoms with Crippen LogP contribution in [0.25, 0.3) is 0 Å². The van der Waals surface area contributed by atoms with Gasteiger partial charge in [-0.1, -0.05) is 30.3 Å². The maximum absolute atomic E-state index is 11.9. The van der Waals surface area contributed by atoms with E-state index < -0.39 is 0 Å². The van der Waals surface area contributed by atoms with Gasteiger partial charge in [0, 0.05) is 11.4 Å². The van der Waals surface area contributed by atoms with Crippen LogP contribution in [-0.4, -0.2) is 12.6 Å². The molecule has 0 aliphatic rings. The van der Waals surface area contributed by atoms with Crippen molar-refractivity contribution < 1.29 is 4.79 Å². The zero-order valence-corrected chi connectivity index (χ0v) is 11.3. The average Bonchev–Trinajstić information content (AvgIpc) is 2.46. The number of carbonyl (C=O) groups is 1. The number of benzene rings is 2. The lowest BCUT2D eigenvalue weighted by molar-refractivity contribution is 0.262. The molecular formula is C16H19N3O. The van der Waals surface area contributed by atoms with Gasteiger partial charge in [-0.05, 0) is 49.2 Å². The highest BCUT2D eigenvalue weighted by Crippen LogP contribution is 2.13. The van der Waals surface area contributed by atoms with E-state index in [0.717, 1.165) is 24.2 Å². The summed E-state index contributed by atoms with van der Waals surface area (Å²) in [5, 5.41) is 5.61. The van der Waals surface area contributed by atoms with Crippen molar-refractivity contribution in [1.82, 2.24) is 0 Å². The number of amides is 2. The first-order chi connectivity index (χ1) is 9.78. The Kier molecular flexibility index (Phi) is 5.15. The molecule has 0 aromatic heterocycles. The number of para-hydroxylation sites is 1. The fraction of sp³-hybridized carbons (Fsp3) is 0.188. The molecule has 4 heteroatoms. The number of hydrogen-bond donors (Lipinski definition) is 3. The van der Waals surface area contributed by atoms with Crippen LogP contribution < -0.4 is 16.4 Å². The van der Waals surface area contributed by atoms with Gasteiger partial charge in [-0.25, -0.2) is 4.79 Å². The molecule has 0 aliphatic carbocycles. The molecule has 2 aromatic carbocycles. The number of anilines is 2. The molecule has 0 radical (unpaired) electrons. The van der Waals surface area contributed by atoms with E-state index in [1.165, 1.54) is 5.56 Å². The van der Waals surface area contributed by atoms with Crippen molar-refractivity contribution in [2.75, 3.05) is 17.2 Å². The predicted octanol–water partition coefficient (Wildman–Crippen LogP) is 3.22. The summed E-state index contributed by atoms with van der Waals surface area (Å²) >= 11 is 0. The Morgan fingerprint density at radius 3 is 2.40 bits per heavy atom. The van der Waals surface area contributed by atoms with Crippen molar-refractivity contribution in [2.24, 2.45) is 5.73 Å². The largest absolute Gasteiger partial charge is 0.330 e. The van der Waals surface area contributed by atoms with Gasteiger partial charge in [-0.15, -0.1) is 0 Å². The van der Waals surface area contributed by atoms with E-state index in [1.807, 2.05) is 54.6 Å². The quantitative estimate of drug-likeness (QED) is 0.780. The summed E-state index contributed by atoms with van der Waals surface area (Å²) in [6.07, 6.45) is 1.87. The Morgan fingerprint density at radius 1 is 0.950 bits per heavy atom. The fourth-order valence-electron chi connectivity index (χ4n) is 1.93. The molecule has 4 nitrogen and oxygen atoms in total. The van der Waals surface area contributed by atoms with E-state index >= 15 is 0 Å². The number of carbonyl (C=O) groups excluding carboxylic acids is 1. The molecule has 0 bridgehead atoms. The Labute approximate surface area is 119 Å². The van der Waals surface area contributed by atoms with Crippen LogP contribution >= 0.6 is 0 Å². The number of nitrogens with one attached hydrogen (secondary N) is 2. The van der Waals surface area contributed by atoms with Gasteiger partial charge in [0.25, 0.3) is 0 Å². The van der Waals surface area contributed by atoms with Crippen molar-refractivity contribution in [2.45, 2.75) is 12.8 Å². The number of hydrogen-bond acceptors (Lipinski definition) is 2. The summed E-state index contributed by atoms with van der Waals surface area (Å²) in [5.41, 5.74) is 8.23. The highest BCUT2D eigenvalue weighted by molar-refractivity contribution is 5.99. The molecule has 4 N–H and O–H groups in total. The Morgan fingerprint density at radius 2 is 1.65 bits per heavy atom. The van der Waals surface area contributed by atoms with E-state index in [2.05, 4.69) is 10.6 Å². The third-order valence-electron chi connectivity index (χ3n) is 2.89. The summed E-state index contributed by atoms with van der Waals surface area (Å²) < 4.78 is 0. The first-order valence-electron chi connectivity index (χ1n) is 6.70. The van der Waals surface area contributed by atoms with Crippen LogP contribution in [0, 0.1) is 0 Å². The van der Waals surface area contributed by atoms with Gasteiger partial charge in [-0.3, -0.25) is 0 Å². The molecule has 0 saturated heterocycles. The van der Waals surface area contributed by atoms with E-state index in [4.69, 9.17) is 5.73 Å². The minimum absolute atomic E-state index is 0.243. The first kappa shape index (κ1) is 14.1. The van der Waals surface area contributed by atoms with E-state index in [9.17, 15) is 4.79 Å². The Balaban J connectivity index is 1.94. The molecule has 104 valence electrons. The van der Waals surface area contributed by atoms with Crippen LogP contribution in [0.4, 0.5) is 16.2 Å². The minimum Gasteiger partial charge on any atom is -0.330 e. The van der Waals surface area contributed by atoms with Gasteiger partial charge in [0.15, 0.2) is 0 Å². The number of nitrogens with two attached hydrogens (primary N) is 1. The highest BCUT2D eigenvalue weighted by Gasteiger charge is 2.02. The summed E-state index contributed by atoms with van der Waals surface area (Å²) in [4.78, 5) is 11.9. The summed E-state index contributed by atoms with van der Waals surface area (Å²) in [6.45, 7) is 0.673. The van der Waals surface area contributed by atoms with Crippen LogP contribution in [0.2, 0.25) is 0 Å². The second-order valence-corrected chi connectivity index (χ2v) is 4.54. The molecule has 0 fully saturated rings. The van der Waals surface area contributed by atoms with Gasteiger partial charge in [0.05, 0.1) is 0 Å². The van der Waals surface area contributed by atoms with Crippen molar-refractivity contribution in [3.63, 3.8) is 0 Å². The van der Waals surface area contributed by atoms with E-state index in [-0.39, 0.29) is 6.03 Å². The zero-order chi connectivity index (χ0) is 14.2. The van der Waals surface area contributed by atoms with Gasteiger partial charge < -0.3 is 16.4 Å². The fourth-order valence-corrected chi connectivity index (χ4v) is 1.93. The number of aryl methyl sites for hydroxylation is 1. The molecule has 0 saturated carbocycles. The van der Waals surface area contributed by atoms with Gasteiger partial charge in [0.1, 0.15) is 0 Å². The Hall–Kier alpha value is -2.33. The van der Waals surface area contributed by atoms with E-state index in [1.54, 1.807) is 0 Å². The van der Waals surface area contributed by atoms with Crippen LogP contribution in [0.15, 0.2) is 54.6 Å². The lowest BCUT2D eigenvalue weighted by Crippen LogP contribution is -2.19. The smallest absolute Gasteiger partial charge is 0.323 e. The zero-order valence-electron chi connectivity index (χ0n) is 11.3. The molecule has 0 unspecified atom stereocenters. The van der Waals surface area contributed by atoms with Crippen molar-refractivity contribution in [1.29, 1.82) is 0 Å². The second kappa shape index (κ2) is 7.31. The first-order valence-corrected chi connectivity index (χ1v) is 6.70. The normalized spacial score (nSPS) is 10.1. The van der Waals surface area contributed by atoms with Gasteiger partial charge in [0.2, 0.25) is 0 Å². The molecule has 2 amide bonds. The molecule has 0 atom stereocenters. The standard InChI is InChI=1S/C16H19N3O/c17-11-5-7-13-6-4-10-15(12-13)19-16(20)18-14-8-2-1-3-9-14/h1-4,6,8-10,12H,5,7,11,17H2,(H2,18,19,20). The Bertz CT molecular complexity index is 555. The third kappa shape index (κ3) is 4.40. The average molecular weight is 269 g/mol. The lowest BCUT2D eigenvalue weighted by Gasteiger charge is -2.09. The highest BCUT2D eigenvalue weighted by atomic mass is 16.2. The lowest BCUT2D eigenvalue weighted by atomic mass is 10.1. The molecule has 2 aromatic rings. The monoisotopic (exact) mass is 269 g/mol. The van der Waals surface area contributed by atoms with E-state index in [0.29, 0.717) is 6.54 Å². The number of urea groups is 1. The van der Waals surface area contributed by atoms with Crippen LogP contribution in [-0.2, 0) is 6.42 Å². The molecule has 0 heterocycles. The molecular weight excluding hydrogens is 250 g/mol. The number of rotatable bonds is 5. The second-order valence-electron chi connectivity index (χ2n) is 4.54. The van der Waals surface area contributed by atoms with Crippen LogP contribution in [0.5, 0.6) is 0 Å². The van der Waals surface area contributed by atoms with Crippen molar-refractivity contribution in [3.05, 3.63) is 60.2 Å². The topological polar surface area (TPSA) is 67.1 Å². The van der Waals surface area contributed by atoms with Gasteiger partial charge >= 0.3 is 6.03 Å².